The van der Waals surface area contributed by atoms with Gasteiger partial charge in [-0.3, -0.25) is 14.9 Å². The molecule has 0 atom stereocenters. The van der Waals surface area contributed by atoms with E-state index < -0.39 is 23.4 Å². The molecule has 0 fully saturated rings. The number of ether oxygens (including phenoxy) is 3. The predicted molar refractivity (Wildman–Crippen MR) is 124 cm³/mol. The maximum Gasteiger partial charge on any atom is 0.331 e. The van der Waals surface area contributed by atoms with Gasteiger partial charge in [-0.25, -0.2) is 4.79 Å². The van der Waals surface area contributed by atoms with Crippen LogP contribution in [0.15, 0.2) is 72.8 Å². The maximum atomic E-state index is 12.1. The van der Waals surface area contributed by atoms with Crippen LogP contribution < -0.4 is 10.1 Å². The van der Waals surface area contributed by atoms with Gasteiger partial charge in [-0.05, 0) is 29.3 Å². The summed E-state index contributed by atoms with van der Waals surface area (Å²) in [5.41, 5.74) is 3.33. The predicted octanol–water partition coefficient (Wildman–Crippen LogP) is 4.32. The second kappa shape index (κ2) is 10.4. The fraction of sp³-hybridized carbons (Fsp3) is 0.120. The molecular formula is C25H20N2O7. The van der Waals surface area contributed by atoms with Gasteiger partial charge >= 0.3 is 5.97 Å². The number of esters is 1. The van der Waals surface area contributed by atoms with Gasteiger partial charge in [-0.15, -0.1) is 0 Å². The summed E-state index contributed by atoms with van der Waals surface area (Å²) >= 11 is 0. The van der Waals surface area contributed by atoms with Crippen molar-refractivity contribution in [3.05, 3.63) is 94.0 Å². The molecule has 1 aliphatic rings. The molecule has 0 saturated heterocycles. The minimum Gasteiger partial charge on any atom is -0.467 e. The first kappa shape index (κ1) is 22.7. The van der Waals surface area contributed by atoms with Gasteiger partial charge in [-0.1, -0.05) is 42.5 Å². The van der Waals surface area contributed by atoms with Gasteiger partial charge in [0.2, 0.25) is 0 Å². The third-order valence-corrected chi connectivity index (χ3v) is 4.95. The van der Waals surface area contributed by atoms with Gasteiger partial charge in [-0.2, -0.15) is 0 Å². The summed E-state index contributed by atoms with van der Waals surface area (Å²) < 4.78 is 15.5. The van der Waals surface area contributed by atoms with E-state index in [0.29, 0.717) is 22.6 Å². The first-order chi connectivity index (χ1) is 16.5. The van der Waals surface area contributed by atoms with E-state index in [0.717, 1.165) is 17.2 Å². The van der Waals surface area contributed by atoms with Gasteiger partial charge in [0.25, 0.3) is 11.6 Å². The minimum absolute atomic E-state index is 0.00258. The van der Waals surface area contributed by atoms with Crippen LogP contribution >= 0.6 is 0 Å². The molecule has 4 rings (SSSR count). The standard InChI is InChI=1S/C25H20N2O7/c28-23(26-21-9-6-18(7-10-21)17-4-2-1-3-5-17)15-33-24(29)11-8-19-12-22(27(30)31)13-20-14-32-16-34-25(19)20/h1-13H,14-16H2,(H,26,28). The minimum atomic E-state index is -0.776. The van der Waals surface area contributed by atoms with Crippen LogP contribution in [0.2, 0.25) is 0 Å². The highest BCUT2D eigenvalue weighted by Crippen LogP contribution is 2.33. The highest BCUT2D eigenvalue weighted by molar-refractivity contribution is 5.95. The summed E-state index contributed by atoms with van der Waals surface area (Å²) in [6, 6.07) is 19.8. The number of nitrogens with one attached hydrogen (secondary N) is 1. The van der Waals surface area contributed by atoms with Gasteiger partial charge < -0.3 is 19.5 Å². The molecule has 3 aromatic carbocycles. The Kier molecular flexibility index (Phi) is 6.95. The van der Waals surface area contributed by atoms with Crippen molar-refractivity contribution in [2.75, 3.05) is 18.7 Å². The number of hydrogen-bond acceptors (Lipinski definition) is 7. The largest absolute Gasteiger partial charge is 0.467 e. The molecule has 0 bridgehead atoms. The second-order valence-electron chi connectivity index (χ2n) is 7.32. The van der Waals surface area contributed by atoms with Crippen molar-refractivity contribution < 1.29 is 28.7 Å². The van der Waals surface area contributed by atoms with Crippen LogP contribution in [0.5, 0.6) is 5.75 Å². The number of nitro groups is 1. The summed E-state index contributed by atoms with van der Waals surface area (Å²) in [7, 11) is 0. The molecule has 34 heavy (non-hydrogen) atoms. The molecule has 1 heterocycles. The molecule has 0 saturated carbocycles. The van der Waals surface area contributed by atoms with E-state index in [1.54, 1.807) is 12.1 Å². The topological polar surface area (TPSA) is 117 Å². The zero-order valence-corrected chi connectivity index (χ0v) is 17.9. The Balaban J connectivity index is 1.33. The maximum absolute atomic E-state index is 12.1. The lowest BCUT2D eigenvalue weighted by atomic mass is 10.1. The summed E-state index contributed by atoms with van der Waals surface area (Å²) in [6.07, 6.45) is 2.43. The molecule has 172 valence electrons. The monoisotopic (exact) mass is 460 g/mol. The first-order valence-electron chi connectivity index (χ1n) is 10.3. The highest BCUT2D eigenvalue weighted by Gasteiger charge is 2.20. The summed E-state index contributed by atoms with van der Waals surface area (Å²) in [6.45, 7) is -0.321. The van der Waals surface area contributed by atoms with Crippen LogP contribution in [-0.2, 0) is 25.7 Å². The Morgan fingerprint density at radius 1 is 1.06 bits per heavy atom. The molecule has 0 radical (unpaired) electrons. The molecule has 3 aromatic rings. The molecular weight excluding hydrogens is 440 g/mol. The molecule has 0 aliphatic carbocycles. The average molecular weight is 460 g/mol. The summed E-state index contributed by atoms with van der Waals surface area (Å²) in [5, 5.41) is 13.8. The van der Waals surface area contributed by atoms with Crippen molar-refractivity contribution in [1.29, 1.82) is 0 Å². The van der Waals surface area contributed by atoms with Crippen molar-refractivity contribution in [1.82, 2.24) is 0 Å². The van der Waals surface area contributed by atoms with E-state index >= 15 is 0 Å². The van der Waals surface area contributed by atoms with Crippen LogP contribution in [0, 0.1) is 10.1 Å². The number of rotatable bonds is 7. The fourth-order valence-electron chi connectivity index (χ4n) is 3.38. The lowest BCUT2D eigenvalue weighted by Gasteiger charge is -2.19. The van der Waals surface area contributed by atoms with Crippen molar-refractivity contribution in [2.24, 2.45) is 0 Å². The van der Waals surface area contributed by atoms with E-state index in [1.807, 2.05) is 42.5 Å². The number of carbonyl (C=O) groups is 2. The van der Waals surface area contributed by atoms with Crippen LogP contribution in [0.4, 0.5) is 11.4 Å². The molecule has 1 N–H and O–H groups in total. The number of fused-ring (bicyclic) bond motifs is 1. The number of carbonyl (C=O) groups excluding carboxylic acids is 2. The second-order valence-corrected chi connectivity index (χ2v) is 7.32. The van der Waals surface area contributed by atoms with Crippen molar-refractivity contribution >= 4 is 29.3 Å². The summed E-state index contributed by atoms with van der Waals surface area (Å²) in [5.74, 6) is -0.873. The van der Waals surface area contributed by atoms with Crippen LogP contribution in [-0.4, -0.2) is 30.2 Å². The van der Waals surface area contributed by atoms with E-state index in [2.05, 4.69) is 5.32 Å². The van der Waals surface area contributed by atoms with E-state index in [9.17, 15) is 19.7 Å². The number of benzene rings is 3. The van der Waals surface area contributed by atoms with Crippen molar-refractivity contribution in [3.63, 3.8) is 0 Å². The zero-order chi connectivity index (χ0) is 23.9. The summed E-state index contributed by atoms with van der Waals surface area (Å²) in [4.78, 5) is 34.8. The van der Waals surface area contributed by atoms with Crippen molar-refractivity contribution in [3.8, 4) is 16.9 Å². The Hall–Kier alpha value is -4.50. The van der Waals surface area contributed by atoms with Gasteiger partial charge in [0, 0.05) is 35.0 Å². The fourth-order valence-corrected chi connectivity index (χ4v) is 3.38. The van der Waals surface area contributed by atoms with Gasteiger partial charge in [0.05, 0.1) is 11.5 Å². The van der Waals surface area contributed by atoms with E-state index in [4.69, 9.17) is 14.2 Å². The molecule has 1 aliphatic heterocycles. The quantitative estimate of drug-likeness (QED) is 0.241. The third-order valence-electron chi connectivity index (χ3n) is 4.95. The van der Waals surface area contributed by atoms with E-state index in [-0.39, 0.29) is 19.1 Å². The van der Waals surface area contributed by atoms with Gasteiger partial charge in [0.1, 0.15) is 5.75 Å². The molecule has 0 unspecified atom stereocenters. The number of non-ortho nitro benzene ring substituents is 1. The van der Waals surface area contributed by atoms with E-state index in [1.165, 1.54) is 18.2 Å². The van der Waals surface area contributed by atoms with Crippen LogP contribution in [0.25, 0.3) is 17.2 Å². The Morgan fingerprint density at radius 2 is 1.79 bits per heavy atom. The Labute approximate surface area is 194 Å². The normalized spacial score (nSPS) is 12.5. The lowest BCUT2D eigenvalue weighted by Crippen LogP contribution is -2.20. The molecule has 0 aromatic heterocycles. The molecule has 9 nitrogen and oxygen atoms in total. The smallest absolute Gasteiger partial charge is 0.331 e. The SMILES string of the molecule is O=C(COC(=O)C=Cc1cc([N+](=O)[O-])cc2c1OCOC2)Nc1ccc(-c2ccccc2)cc1. The van der Waals surface area contributed by atoms with Gasteiger partial charge in [0.15, 0.2) is 13.4 Å². The lowest BCUT2D eigenvalue weighted by molar-refractivity contribution is -0.385. The number of hydrogen-bond donors (Lipinski definition) is 1. The first-order valence-corrected chi connectivity index (χ1v) is 10.3. The highest BCUT2D eigenvalue weighted by atomic mass is 16.7. The number of anilines is 1. The van der Waals surface area contributed by atoms with Crippen molar-refractivity contribution in [2.45, 2.75) is 6.61 Å². The molecule has 1 amide bonds. The number of amides is 1. The van der Waals surface area contributed by atoms with Crippen LogP contribution in [0.3, 0.4) is 0 Å². The Bertz CT molecular complexity index is 1240. The van der Waals surface area contributed by atoms with Crippen LogP contribution in [0.1, 0.15) is 11.1 Å². The average Bonchev–Trinajstić information content (AvgIpc) is 2.86. The third kappa shape index (κ3) is 5.64. The zero-order valence-electron chi connectivity index (χ0n) is 17.9. The molecule has 9 heteroatoms. The Morgan fingerprint density at radius 3 is 2.53 bits per heavy atom. The number of nitrogens with zero attached hydrogens (tertiary/aromatic N) is 1. The molecule has 0 spiro atoms. The number of nitro benzene ring substituents is 1.